The molecule has 0 radical (unpaired) electrons. The first-order chi connectivity index (χ1) is 21.0. The number of nitrogens with zero attached hydrogens (tertiary/aromatic N) is 3. The lowest BCUT2D eigenvalue weighted by Crippen LogP contribution is -2.43. The molecule has 2 amide bonds. The highest BCUT2D eigenvalue weighted by molar-refractivity contribution is 6.31. The Morgan fingerprint density at radius 2 is 1.91 bits per heavy atom. The lowest BCUT2D eigenvalue weighted by Gasteiger charge is -2.33. The quantitative estimate of drug-likeness (QED) is 0.282. The Bertz CT molecular complexity index is 1100. The van der Waals surface area contributed by atoms with E-state index in [1.54, 1.807) is 4.90 Å². The molecule has 2 fully saturated rings. The van der Waals surface area contributed by atoms with Gasteiger partial charge in [-0.15, -0.1) is 0 Å². The number of carbonyl (C=O) groups excluding carboxylic acids is 2. The number of nitrogens with two attached hydrogens (primary N) is 1. The van der Waals surface area contributed by atoms with E-state index in [-0.39, 0.29) is 49.8 Å². The molecule has 2 unspecified atom stereocenters. The van der Waals surface area contributed by atoms with Crippen molar-refractivity contribution in [3.05, 3.63) is 45.6 Å². The number of aliphatic hydroxyl groups is 1. The summed E-state index contributed by atoms with van der Waals surface area (Å²) in [6, 6.07) is 5.93. The normalized spacial score (nSPS) is 20.1. The van der Waals surface area contributed by atoms with Crippen LogP contribution in [0.2, 0.25) is 5.02 Å². The standard InChI is InChI=1S/C26H45FN4O4.C8H9Cl/c1-4-11-30(12-8-19(3)5-2)24(33)18-29-23-7-6-20(27)17-22(23)25(28)26(34)31-13-9-21(10-14-31)35-16-15-32;1-6-4-3-5-8(9)7(6)2/h19-21,32H,4-18,28H2,1-3H3;3-5H,1-2H3/b25-22-,29-23?;. The number of rotatable bonds is 12. The highest BCUT2D eigenvalue weighted by Gasteiger charge is 2.30. The first-order valence-electron chi connectivity index (χ1n) is 16.2. The lowest BCUT2D eigenvalue weighted by atomic mass is 9.89. The number of benzene rings is 1. The van der Waals surface area contributed by atoms with Crippen molar-refractivity contribution < 1.29 is 23.8 Å². The van der Waals surface area contributed by atoms with Gasteiger partial charge in [0.25, 0.3) is 5.91 Å². The molecule has 248 valence electrons. The average Bonchev–Trinajstić information content (AvgIpc) is 3.03. The van der Waals surface area contributed by atoms with Crippen LogP contribution in [-0.4, -0.2) is 90.6 Å². The number of carbonyl (C=O) groups is 2. The number of piperidine rings is 1. The molecule has 0 bridgehead atoms. The fraction of sp³-hybridized carbons (Fsp3) is 0.676. The van der Waals surface area contributed by atoms with Gasteiger partial charge >= 0.3 is 0 Å². The van der Waals surface area contributed by atoms with Crippen LogP contribution in [0.4, 0.5) is 4.39 Å². The summed E-state index contributed by atoms with van der Waals surface area (Å²) in [4.78, 5) is 34.1. The van der Waals surface area contributed by atoms with E-state index in [1.807, 2.05) is 30.9 Å². The van der Waals surface area contributed by atoms with Gasteiger partial charge in [0.2, 0.25) is 5.91 Å². The minimum Gasteiger partial charge on any atom is -0.394 e. The number of aliphatic imine (C=N–C) groups is 1. The molecule has 0 spiro atoms. The highest BCUT2D eigenvalue weighted by Crippen LogP contribution is 2.27. The molecule has 44 heavy (non-hydrogen) atoms. The van der Waals surface area contributed by atoms with E-state index in [1.165, 1.54) is 11.1 Å². The van der Waals surface area contributed by atoms with Crippen LogP contribution in [0.25, 0.3) is 0 Å². The van der Waals surface area contributed by atoms with Gasteiger partial charge in [-0.1, -0.05) is 50.9 Å². The van der Waals surface area contributed by atoms with Crippen LogP contribution in [0.1, 0.15) is 83.3 Å². The second-order valence-electron chi connectivity index (χ2n) is 11.9. The van der Waals surface area contributed by atoms with Crippen LogP contribution in [0.3, 0.4) is 0 Å². The average molecular weight is 637 g/mol. The molecule has 2 aliphatic rings. The maximum atomic E-state index is 14.3. The highest BCUT2D eigenvalue weighted by atomic mass is 35.5. The second-order valence-corrected chi connectivity index (χ2v) is 12.4. The van der Waals surface area contributed by atoms with E-state index in [0.29, 0.717) is 69.1 Å². The topological polar surface area (TPSA) is 108 Å². The molecular formula is C34H54ClFN4O4. The molecule has 3 N–H and O–H groups in total. The third-order valence-electron chi connectivity index (χ3n) is 8.58. The van der Waals surface area contributed by atoms with E-state index in [4.69, 9.17) is 27.2 Å². The van der Waals surface area contributed by atoms with E-state index in [9.17, 15) is 14.0 Å². The Hall–Kier alpha value is -2.49. The SMILES string of the molecule is CCCN(CCC(C)CC)C(=O)CN=C1CCC(F)C/C1=C(/N)C(=O)N1CCC(OCCO)CC1.Cc1cccc(Cl)c1C. The zero-order chi connectivity index (χ0) is 32.6. The first kappa shape index (κ1) is 37.7. The van der Waals surface area contributed by atoms with Crippen LogP contribution < -0.4 is 5.73 Å². The van der Waals surface area contributed by atoms with Gasteiger partial charge in [0.05, 0.1) is 19.3 Å². The predicted molar refractivity (Wildman–Crippen MR) is 177 cm³/mol. The van der Waals surface area contributed by atoms with Gasteiger partial charge in [-0.3, -0.25) is 14.6 Å². The predicted octanol–water partition coefficient (Wildman–Crippen LogP) is 5.79. The Kier molecular flexibility index (Phi) is 17.0. The van der Waals surface area contributed by atoms with Gasteiger partial charge in [0, 0.05) is 48.9 Å². The molecule has 1 saturated heterocycles. The molecule has 2 atom stereocenters. The third-order valence-corrected chi connectivity index (χ3v) is 8.99. The lowest BCUT2D eigenvalue weighted by molar-refractivity contribution is -0.130. The molecule has 8 nitrogen and oxygen atoms in total. The summed E-state index contributed by atoms with van der Waals surface area (Å²) in [5.41, 5.74) is 9.78. The zero-order valence-corrected chi connectivity index (χ0v) is 28.2. The minimum atomic E-state index is -1.07. The number of ether oxygens (including phenoxy) is 1. The molecule has 1 aliphatic carbocycles. The maximum Gasteiger partial charge on any atom is 0.270 e. The number of hydrogen-bond donors (Lipinski definition) is 2. The Labute approximate surface area is 268 Å². The fourth-order valence-electron chi connectivity index (χ4n) is 5.26. The summed E-state index contributed by atoms with van der Waals surface area (Å²) in [5.74, 6) is 0.203. The molecule has 1 heterocycles. The second kappa shape index (κ2) is 19.8. The monoisotopic (exact) mass is 636 g/mol. The van der Waals surface area contributed by atoms with E-state index in [2.05, 4.69) is 31.8 Å². The summed E-state index contributed by atoms with van der Waals surface area (Å²) in [7, 11) is 0. The molecule has 1 saturated carbocycles. The molecule has 1 aromatic rings. The minimum absolute atomic E-state index is 0.00858. The van der Waals surface area contributed by atoms with Gasteiger partial charge in [-0.2, -0.15) is 0 Å². The van der Waals surface area contributed by atoms with Gasteiger partial charge in [0.1, 0.15) is 18.4 Å². The van der Waals surface area contributed by atoms with Crippen LogP contribution in [0.15, 0.2) is 34.5 Å². The maximum absolute atomic E-state index is 14.3. The Morgan fingerprint density at radius 3 is 2.50 bits per heavy atom. The summed E-state index contributed by atoms with van der Waals surface area (Å²) in [6.07, 6.45) is 3.92. The van der Waals surface area contributed by atoms with Gasteiger partial charge < -0.3 is 25.4 Å². The number of allylic oxidation sites excluding steroid dienone is 1. The van der Waals surface area contributed by atoms with Crippen molar-refractivity contribution in [2.45, 2.75) is 98.3 Å². The largest absolute Gasteiger partial charge is 0.394 e. The number of aliphatic hydroxyl groups excluding tert-OH is 1. The molecule has 10 heteroatoms. The number of likely N-dealkylation sites (tertiary alicyclic amines) is 1. The number of alkyl halides is 1. The Morgan fingerprint density at radius 1 is 1.20 bits per heavy atom. The summed E-state index contributed by atoms with van der Waals surface area (Å²) in [5, 5.41) is 9.77. The van der Waals surface area contributed by atoms with Crippen molar-refractivity contribution >= 4 is 29.1 Å². The number of aryl methyl sites for hydroxylation is 1. The first-order valence-corrected chi connectivity index (χ1v) is 16.6. The molecular weight excluding hydrogens is 583 g/mol. The molecule has 0 aromatic heterocycles. The molecule has 1 aromatic carbocycles. The summed E-state index contributed by atoms with van der Waals surface area (Å²) < 4.78 is 19.9. The number of hydrogen-bond acceptors (Lipinski definition) is 6. The van der Waals surface area contributed by atoms with Crippen molar-refractivity contribution in [3.8, 4) is 0 Å². The van der Waals surface area contributed by atoms with Crippen LogP contribution in [-0.2, 0) is 14.3 Å². The number of amides is 2. The van der Waals surface area contributed by atoms with Crippen LogP contribution in [0.5, 0.6) is 0 Å². The number of halogens is 2. The van der Waals surface area contributed by atoms with Gasteiger partial charge in [-0.05, 0) is 75.5 Å². The van der Waals surface area contributed by atoms with Gasteiger partial charge in [-0.25, -0.2) is 4.39 Å². The van der Waals surface area contributed by atoms with E-state index in [0.717, 1.165) is 24.3 Å². The van der Waals surface area contributed by atoms with Crippen LogP contribution >= 0.6 is 11.6 Å². The smallest absolute Gasteiger partial charge is 0.270 e. The fourth-order valence-corrected chi connectivity index (χ4v) is 5.48. The molecule has 1 aliphatic heterocycles. The van der Waals surface area contributed by atoms with Crippen LogP contribution in [0, 0.1) is 19.8 Å². The van der Waals surface area contributed by atoms with E-state index < -0.39 is 6.17 Å². The summed E-state index contributed by atoms with van der Waals surface area (Å²) >= 11 is 5.81. The van der Waals surface area contributed by atoms with E-state index >= 15 is 0 Å². The van der Waals surface area contributed by atoms with Crippen molar-refractivity contribution in [1.29, 1.82) is 0 Å². The molecule has 3 rings (SSSR count). The van der Waals surface area contributed by atoms with Crippen molar-refractivity contribution in [2.75, 3.05) is 45.9 Å². The van der Waals surface area contributed by atoms with Gasteiger partial charge in [0.15, 0.2) is 0 Å². The zero-order valence-electron chi connectivity index (χ0n) is 27.4. The summed E-state index contributed by atoms with van der Waals surface area (Å²) in [6.45, 7) is 13.1. The van der Waals surface area contributed by atoms with Crippen molar-refractivity contribution in [1.82, 2.24) is 9.80 Å². The third kappa shape index (κ3) is 12.1. The van der Waals surface area contributed by atoms with Crippen molar-refractivity contribution in [3.63, 3.8) is 0 Å². The Balaban J connectivity index is 0.000000639. The van der Waals surface area contributed by atoms with Crippen molar-refractivity contribution in [2.24, 2.45) is 16.6 Å².